The molecule has 4 aromatic heterocycles. The van der Waals surface area contributed by atoms with Gasteiger partial charge in [0.25, 0.3) is 5.91 Å². The van der Waals surface area contributed by atoms with Crippen molar-refractivity contribution in [1.82, 2.24) is 24.5 Å². The van der Waals surface area contributed by atoms with Crippen molar-refractivity contribution in [3.05, 3.63) is 89.1 Å². The van der Waals surface area contributed by atoms with Gasteiger partial charge in [-0.15, -0.1) is 11.3 Å². The zero-order valence-corrected chi connectivity index (χ0v) is 16.3. The van der Waals surface area contributed by atoms with Crippen molar-refractivity contribution in [1.29, 1.82) is 0 Å². The van der Waals surface area contributed by atoms with Gasteiger partial charge in [-0.2, -0.15) is 5.10 Å². The molecule has 0 aliphatic carbocycles. The number of hydrogen-bond donors (Lipinski definition) is 1. The molecule has 1 aliphatic heterocycles. The van der Waals surface area contributed by atoms with E-state index in [1.54, 1.807) is 28.4 Å². The lowest BCUT2D eigenvalue weighted by Gasteiger charge is -2.34. The summed E-state index contributed by atoms with van der Waals surface area (Å²) < 4.78 is 2.96. The van der Waals surface area contributed by atoms with E-state index in [4.69, 9.17) is 0 Å². The van der Waals surface area contributed by atoms with Gasteiger partial charge in [0, 0.05) is 34.4 Å². The van der Waals surface area contributed by atoms with Gasteiger partial charge in [-0.1, -0.05) is 24.3 Å². The molecule has 0 bridgehead atoms. The SMILES string of the molecule is O=C(c1cnn2ccccc12)N1CCc2[nH]cnc2[C@H]1c1cc2ccccc2s1. The minimum Gasteiger partial charge on any atom is -0.348 e. The number of imidazole rings is 1. The van der Waals surface area contributed by atoms with Crippen LogP contribution in [0.5, 0.6) is 0 Å². The minimum atomic E-state index is -0.200. The van der Waals surface area contributed by atoms with Crippen molar-refractivity contribution in [3.8, 4) is 0 Å². The third kappa shape index (κ3) is 2.51. The van der Waals surface area contributed by atoms with Crippen molar-refractivity contribution in [2.24, 2.45) is 0 Å². The van der Waals surface area contributed by atoms with Crippen LogP contribution in [0.1, 0.15) is 32.7 Å². The van der Waals surface area contributed by atoms with Gasteiger partial charge in [-0.3, -0.25) is 4.79 Å². The van der Waals surface area contributed by atoms with Crippen molar-refractivity contribution < 1.29 is 4.79 Å². The largest absolute Gasteiger partial charge is 0.348 e. The predicted octanol–water partition coefficient (Wildman–Crippen LogP) is 4.06. The van der Waals surface area contributed by atoms with Gasteiger partial charge in [0.1, 0.15) is 6.04 Å². The molecule has 0 spiro atoms. The van der Waals surface area contributed by atoms with Crippen LogP contribution in [-0.4, -0.2) is 36.9 Å². The highest BCUT2D eigenvalue weighted by Crippen LogP contribution is 2.40. The number of fused-ring (bicyclic) bond motifs is 3. The fraction of sp³-hybridized carbons (Fsp3) is 0.136. The highest BCUT2D eigenvalue weighted by atomic mass is 32.1. The first kappa shape index (κ1) is 16.5. The summed E-state index contributed by atoms with van der Waals surface area (Å²) in [6, 6.07) is 16.1. The Kier molecular flexibility index (Phi) is 3.57. The maximum Gasteiger partial charge on any atom is 0.258 e. The summed E-state index contributed by atoms with van der Waals surface area (Å²) in [5.41, 5.74) is 3.49. The van der Waals surface area contributed by atoms with E-state index in [9.17, 15) is 4.79 Å². The molecule has 1 aromatic carbocycles. The molecular formula is C22H17N5OS. The normalized spacial score (nSPS) is 16.4. The Hall–Kier alpha value is -3.45. The van der Waals surface area contributed by atoms with Gasteiger partial charge >= 0.3 is 0 Å². The van der Waals surface area contributed by atoms with Gasteiger partial charge < -0.3 is 9.88 Å². The number of carbonyl (C=O) groups excluding carboxylic acids is 1. The number of nitrogens with one attached hydrogen (secondary N) is 1. The average Bonchev–Trinajstić information content (AvgIpc) is 3.49. The summed E-state index contributed by atoms with van der Waals surface area (Å²) in [6.07, 6.45) is 6.02. The summed E-state index contributed by atoms with van der Waals surface area (Å²) in [7, 11) is 0. The monoisotopic (exact) mass is 399 g/mol. The van der Waals surface area contributed by atoms with E-state index in [1.807, 2.05) is 41.4 Å². The predicted molar refractivity (Wildman–Crippen MR) is 112 cm³/mol. The summed E-state index contributed by atoms with van der Waals surface area (Å²) in [6.45, 7) is 0.636. The van der Waals surface area contributed by atoms with Crippen LogP contribution in [0, 0.1) is 0 Å². The van der Waals surface area contributed by atoms with Crippen molar-refractivity contribution in [2.45, 2.75) is 12.5 Å². The van der Waals surface area contributed by atoms with Gasteiger partial charge in [0.15, 0.2) is 0 Å². The molecule has 5 aromatic rings. The smallest absolute Gasteiger partial charge is 0.258 e. The standard InChI is InChI=1S/C22H17N5OS/c28-22(15-12-25-27-9-4-3-6-17(15)27)26-10-8-16-20(24-13-23-16)21(26)19-11-14-5-1-2-7-18(14)29-19/h1-7,9,11-13,21H,8,10H2,(H,23,24)/t21-/m1/s1. The van der Waals surface area contributed by atoms with Crippen LogP contribution in [0.2, 0.25) is 0 Å². The van der Waals surface area contributed by atoms with Crippen molar-refractivity contribution in [2.75, 3.05) is 6.54 Å². The Balaban J connectivity index is 1.49. The number of hydrogen-bond acceptors (Lipinski definition) is 4. The Morgan fingerprint density at radius 1 is 1.17 bits per heavy atom. The number of H-pyrrole nitrogens is 1. The second-order valence-corrected chi connectivity index (χ2v) is 8.31. The molecule has 6 nitrogen and oxygen atoms in total. The molecule has 0 saturated heterocycles. The van der Waals surface area contributed by atoms with Crippen molar-refractivity contribution >= 4 is 32.8 Å². The molecule has 0 saturated carbocycles. The summed E-state index contributed by atoms with van der Waals surface area (Å²) in [4.78, 5) is 24.6. The number of aromatic nitrogens is 4. The number of carbonyl (C=O) groups is 1. The Morgan fingerprint density at radius 2 is 2.07 bits per heavy atom. The molecule has 5 heterocycles. The number of benzene rings is 1. The molecule has 1 atom stereocenters. The topological polar surface area (TPSA) is 66.3 Å². The first-order valence-electron chi connectivity index (χ1n) is 9.53. The summed E-state index contributed by atoms with van der Waals surface area (Å²) >= 11 is 1.72. The van der Waals surface area contributed by atoms with Crippen LogP contribution in [0.3, 0.4) is 0 Å². The highest BCUT2D eigenvalue weighted by molar-refractivity contribution is 7.19. The number of amides is 1. The second-order valence-electron chi connectivity index (χ2n) is 7.19. The van der Waals surface area contributed by atoms with Crippen LogP contribution in [0.15, 0.2) is 67.3 Å². The number of pyridine rings is 1. The quantitative estimate of drug-likeness (QED) is 0.487. The zero-order valence-electron chi connectivity index (χ0n) is 15.4. The van der Waals surface area contributed by atoms with E-state index >= 15 is 0 Å². The van der Waals surface area contributed by atoms with Crippen LogP contribution in [0.4, 0.5) is 0 Å². The molecule has 1 aliphatic rings. The van der Waals surface area contributed by atoms with E-state index in [2.05, 4.69) is 33.3 Å². The lowest BCUT2D eigenvalue weighted by Crippen LogP contribution is -2.40. The molecular weight excluding hydrogens is 382 g/mol. The Labute approximate surface area is 170 Å². The number of nitrogens with zero attached hydrogens (tertiary/aromatic N) is 4. The van der Waals surface area contributed by atoms with Gasteiger partial charge in [-0.25, -0.2) is 9.50 Å². The van der Waals surface area contributed by atoms with Crippen LogP contribution in [-0.2, 0) is 6.42 Å². The Bertz CT molecular complexity index is 1330. The maximum absolute atomic E-state index is 13.6. The minimum absolute atomic E-state index is 0.0118. The fourth-order valence-electron chi connectivity index (χ4n) is 4.17. The Morgan fingerprint density at radius 3 is 3.00 bits per heavy atom. The zero-order chi connectivity index (χ0) is 19.4. The molecule has 7 heteroatoms. The number of aromatic amines is 1. The molecule has 6 rings (SSSR count). The van der Waals surface area contributed by atoms with E-state index in [0.717, 1.165) is 28.2 Å². The highest BCUT2D eigenvalue weighted by Gasteiger charge is 2.36. The average molecular weight is 399 g/mol. The molecule has 1 amide bonds. The fourth-order valence-corrected chi connectivity index (χ4v) is 5.36. The van der Waals surface area contributed by atoms with E-state index in [1.165, 1.54) is 10.1 Å². The summed E-state index contributed by atoms with van der Waals surface area (Å²) in [5, 5.41) is 5.54. The van der Waals surface area contributed by atoms with E-state index in [-0.39, 0.29) is 11.9 Å². The van der Waals surface area contributed by atoms with Crippen LogP contribution >= 0.6 is 11.3 Å². The molecule has 0 unspecified atom stereocenters. The van der Waals surface area contributed by atoms with Crippen molar-refractivity contribution in [3.63, 3.8) is 0 Å². The third-order valence-corrected chi connectivity index (χ3v) is 6.73. The van der Waals surface area contributed by atoms with Gasteiger partial charge in [0.2, 0.25) is 0 Å². The summed E-state index contributed by atoms with van der Waals surface area (Å²) in [5.74, 6) is -0.0118. The first-order valence-corrected chi connectivity index (χ1v) is 10.4. The second kappa shape index (κ2) is 6.28. The molecule has 0 radical (unpaired) electrons. The van der Waals surface area contributed by atoms with Crippen LogP contribution in [0.25, 0.3) is 15.6 Å². The lowest BCUT2D eigenvalue weighted by atomic mass is 9.99. The lowest BCUT2D eigenvalue weighted by molar-refractivity contribution is 0.0695. The third-order valence-electron chi connectivity index (χ3n) is 5.56. The molecule has 0 fully saturated rings. The molecule has 142 valence electrons. The number of rotatable bonds is 2. The van der Waals surface area contributed by atoms with E-state index in [0.29, 0.717) is 12.1 Å². The van der Waals surface area contributed by atoms with Crippen LogP contribution < -0.4 is 0 Å². The molecule has 29 heavy (non-hydrogen) atoms. The van der Waals surface area contributed by atoms with E-state index < -0.39 is 0 Å². The number of thiophene rings is 1. The molecule has 1 N–H and O–H groups in total. The van der Waals surface area contributed by atoms with Gasteiger partial charge in [0.05, 0.1) is 29.3 Å². The van der Waals surface area contributed by atoms with Gasteiger partial charge in [-0.05, 0) is 29.7 Å². The first-order chi connectivity index (χ1) is 14.3. The maximum atomic E-state index is 13.6.